The lowest BCUT2D eigenvalue weighted by Crippen LogP contribution is -2.36. The third-order valence-electron chi connectivity index (χ3n) is 3.03. The van der Waals surface area contributed by atoms with Crippen LogP contribution in [0.2, 0.25) is 0 Å². The molecule has 86 valence electrons. The van der Waals surface area contributed by atoms with Crippen molar-refractivity contribution in [2.75, 3.05) is 7.05 Å². The molecular formula is C11H22N4. The molecule has 1 N–H and O–H groups in total. The Morgan fingerprint density at radius 3 is 2.47 bits per heavy atom. The molecule has 2 atom stereocenters. The van der Waals surface area contributed by atoms with Crippen LogP contribution in [-0.2, 0) is 6.54 Å². The number of nitrogens with zero attached hydrogens (tertiary/aromatic N) is 3. The molecule has 1 aromatic heterocycles. The molecule has 0 bridgehead atoms. The van der Waals surface area contributed by atoms with E-state index in [1.54, 1.807) is 0 Å². The van der Waals surface area contributed by atoms with Crippen LogP contribution in [-0.4, -0.2) is 27.9 Å². The molecular weight excluding hydrogens is 188 g/mol. The van der Waals surface area contributed by atoms with Gasteiger partial charge in [0, 0.05) is 6.04 Å². The van der Waals surface area contributed by atoms with Gasteiger partial charge in [0.2, 0.25) is 0 Å². The van der Waals surface area contributed by atoms with Crippen LogP contribution in [0.5, 0.6) is 0 Å². The molecule has 0 aliphatic carbocycles. The molecule has 4 nitrogen and oxygen atoms in total. The zero-order valence-electron chi connectivity index (χ0n) is 10.4. The normalized spacial score (nSPS) is 15.3. The Morgan fingerprint density at radius 2 is 2.07 bits per heavy atom. The van der Waals surface area contributed by atoms with Gasteiger partial charge in [-0.25, -0.2) is 9.67 Å². The molecule has 1 aromatic rings. The smallest absolute Gasteiger partial charge is 0.147 e. The maximum absolute atomic E-state index is 4.38. The van der Waals surface area contributed by atoms with E-state index in [9.17, 15) is 0 Å². The van der Waals surface area contributed by atoms with Gasteiger partial charge in [-0.1, -0.05) is 20.3 Å². The standard InChI is InChI=1S/C11H22N4/c1-6-8(2)11(12-5)7-15-10(4)13-9(3)14-15/h8,11-12H,6-7H2,1-5H3. The Kier molecular flexibility index (Phi) is 4.27. The molecule has 15 heavy (non-hydrogen) atoms. The van der Waals surface area contributed by atoms with E-state index in [0.29, 0.717) is 12.0 Å². The number of likely N-dealkylation sites (N-methyl/N-ethyl adjacent to an activating group) is 1. The first-order valence-electron chi connectivity index (χ1n) is 5.63. The van der Waals surface area contributed by atoms with Gasteiger partial charge in [-0.15, -0.1) is 0 Å². The number of hydrogen-bond donors (Lipinski definition) is 1. The predicted octanol–water partition coefficient (Wildman–Crippen LogP) is 1.53. The average Bonchev–Trinajstić information content (AvgIpc) is 2.52. The molecule has 0 radical (unpaired) electrons. The van der Waals surface area contributed by atoms with Crippen LogP contribution in [0.4, 0.5) is 0 Å². The van der Waals surface area contributed by atoms with E-state index in [4.69, 9.17) is 0 Å². The van der Waals surface area contributed by atoms with Crippen molar-refractivity contribution in [2.45, 2.75) is 46.7 Å². The lowest BCUT2D eigenvalue weighted by Gasteiger charge is -2.22. The molecule has 0 fully saturated rings. The van der Waals surface area contributed by atoms with Gasteiger partial charge >= 0.3 is 0 Å². The van der Waals surface area contributed by atoms with Crippen molar-refractivity contribution < 1.29 is 0 Å². The van der Waals surface area contributed by atoms with Gasteiger partial charge in [0.15, 0.2) is 0 Å². The Hall–Kier alpha value is -0.900. The average molecular weight is 210 g/mol. The highest BCUT2D eigenvalue weighted by Crippen LogP contribution is 2.10. The van der Waals surface area contributed by atoms with Crippen LogP contribution in [0.3, 0.4) is 0 Å². The number of nitrogens with one attached hydrogen (secondary N) is 1. The van der Waals surface area contributed by atoms with E-state index in [1.165, 1.54) is 6.42 Å². The van der Waals surface area contributed by atoms with E-state index in [0.717, 1.165) is 18.2 Å². The fraction of sp³-hybridized carbons (Fsp3) is 0.818. The first kappa shape index (κ1) is 12.2. The molecule has 2 unspecified atom stereocenters. The fourth-order valence-corrected chi connectivity index (χ4v) is 1.76. The second-order valence-corrected chi connectivity index (χ2v) is 4.17. The summed E-state index contributed by atoms with van der Waals surface area (Å²) in [6.45, 7) is 9.32. The quantitative estimate of drug-likeness (QED) is 0.801. The molecule has 0 saturated carbocycles. The zero-order chi connectivity index (χ0) is 11.4. The van der Waals surface area contributed by atoms with Crippen molar-refractivity contribution in [2.24, 2.45) is 5.92 Å². The van der Waals surface area contributed by atoms with Crippen molar-refractivity contribution in [3.63, 3.8) is 0 Å². The van der Waals surface area contributed by atoms with E-state index < -0.39 is 0 Å². The van der Waals surface area contributed by atoms with Crippen molar-refractivity contribution in [1.82, 2.24) is 20.1 Å². The largest absolute Gasteiger partial charge is 0.315 e. The number of hydrogen-bond acceptors (Lipinski definition) is 3. The van der Waals surface area contributed by atoms with E-state index >= 15 is 0 Å². The molecule has 0 aliphatic heterocycles. The summed E-state index contributed by atoms with van der Waals surface area (Å²) in [5.74, 6) is 2.50. The molecule has 0 saturated heterocycles. The van der Waals surface area contributed by atoms with Gasteiger partial charge in [-0.05, 0) is 26.8 Å². The number of aryl methyl sites for hydroxylation is 2. The minimum absolute atomic E-state index is 0.467. The Balaban J connectivity index is 2.70. The first-order valence-corrected chi connectivity index (χ1v) is 5.63. The summed E-state index contributed by atoms with van der Waals surface area (Å²) in [5, 5.41) is 7.73. The Labute approximate surface area is 92.1 Å². The Morgan fingerprint density at radius 1 is 1.40 bits per heavy atom. The molecule has 1 heterocycles. The maximum Gasteiger partial charge on any atom is 0.147 e. The van der Waals surface area contributed by atoms with Gasteiger partial charge in [-0.3, -0.25) is 0 Å². The molecule has 1 rings (SSSR count). The zero-order valence-corrected chi connectivity index (χ0v) is 10.4. The summed E-state index contributed by atoms with van der Waals surface area (Å²) in [6.07, 6.45) is 1.18. The van der Waals surface area contributed by atoms with Crippen molar-refractivity contribution in [3.8, 4) is 0 Å². The van der Waals surface area contributed by atoms with Crippen LogP contribution in [0.25, 0.3) is 0 Å². The summed E-state index contributed by atoms with van der Waals surface area (Å²) >= 11 is 0. The van der Waals surface area contributed by atoms with Crippen LogP contribution < -0.4 is 5.32 Å². The second-order valence-electron chi connectivity index (χ2n) is 4.17. The first-order chi connectivity index (χ1) is 7.08. The highest BCUT2D eigenvalue weighted by atomic mass is 15.3. The summed E-state index contributed by atoms with van der Waals surface area (Å²) in [5.41, 5.74) is 0. The van der Waals surface area contributed by atoms with E-state index in [1.807, 2.05) is 25.6 Å². The lowest BCUT2D eigenvalue weighted by molar-refractivity contribution is 0.332. The van der Waals surface area contributed by atoms with Crippen molar-refractivity contribution in [1.29, 1.82) is 0 Å². The monoisotopic (exact) mass is 210 g/mol. The highest BCUT2D eigenvalue weighted by molar-refractivity contribution is 4.89. The van der Waals surface area contributed by atoms with Crippen LogP contribution >= 0.6 is 0 Å². The van der Waals surface area contributed by atoms with Gasteiger partial charge in [0.05, 0.1) is 6.54 Å². The van der Waals surface area contributed by atoms with Gasteiger partial charge in [0.25, 0.3) is 0 Å². The van der Waals surface area contributed by atoms with Crippen LogP contribution in [0, 0.1) is 19.8 Å². The maximum atomic E-state index is 4.38. The third-order valence-corrected chi connectivity index (χ3v) is 3.03. The molecule has 0 amide bonds. The van der Waals surface area contributed by atoms with Gasteiger partial charge in [-0.2, -0.15) is 5.10 Å². The number of aromatic nitrogens is 3. The summed E-state index contributed by atoms with van der Waals surface area (Å²) < 4.78 is 1.99. The van der Waals surface area contributed by atoms with Crippen LogP contribution in [0.15, 0.2) is 0 Å². The van der Waals surface area contributed by atoms with Gasteiger partial charge in [0.1, 0.15) is 11.6 Å². The minimum atomic E-state index is 0.467. The summed E-state index contributed by atoms with van der Waals surface area (Å²) in [6, 6.07) is 0.467. The van der Waals surface area contributed by atoms with E-state index in [2.05, 4.69) is 29.2 Å². The molecule has 0 spiro atoms. The fourth-order valence-electron chi connectivity index (χ4n) is 1.76. The molecule has 0 aromatic carbocycles. The Bertz CT molecular complexity index is 306. The molecule has 4 heteroatoms. The minimum Gasteiger partial charge on any atom is -0.315 e. The van der Waals surface area contributed by atoms with Crippen LogP contribution in [0.1, 0.15) is 31.9 Å². The summed E-state index contributed by atoms with van der Waals surface area (Å²) in [4.78, 5) is 4.31. The van der Waals surface area contributed by atoms with E-state index in [-0.39, 0.29) is 0 Å². The highest BCUT2D eigenvalue weighted by Gasteiger charge is 2.15. The van der Waals surface area contributed by atoms with Crippen molar-refractivity contribution in [3.05, 3.63) is 11.6 Å². The van der Waals surface area contributed by atoms with Gasteiger partial charge < -0.3 is 5.32 Å². The number of rotatable bonds is 5. The third kappa shape index (κ3) is 3.02. The second kappa shape index (κ2) is 5.26. The van der Waals surface area contributed by atoms with Crippen molar-refractivity contribution >= 4 is 0 Å². The lowest BCUT2D eigenvalue weighted by atomic mass is 9.99. The summed E-state index contributed by atoms with van der Waals surface area (Å²) in [7, 11) is 2.01. The predicted molar refractivity (Wildman–Crippen MR) is 61.8 cm³/mol. The molecule has 0 aliphatic rings. The topological polar surface area (TPSA) is 42.7 Å². The SMILES string of the molecule is CCC(C)C(Cn1nc(C)nc1C)NC.